The van der Waals surface area contributed by atoms with E-state index in [1.165, 1.54) is 0 Å². The number of hydrogen-bond donors (Lipinski definition) is 2. The molecular formula is C8H12N4. The molecule has 4 heteroatoms. The fraction of sp³-hybridized carbons (Fsp3) is 0.500. The highest BCUT2D eigenvalue weighted by Gasteiger charge is 2.23. The quantitative estimate of drug-likeness (QED) is 0.591. The molecule has 1 atom stereocenters. The standard InChI is InChI=1S/C8H12N4/c1-4-2-3-5-6(4)7(9)12-8(10)11-5/h4H,2-3H2,1H3,(H4,9,10,11,12). The summed E-state index contributed by atoms with van der Waals surface area (Å²) in [5.41, 5.74) is 13.3. The Kier molecular flexibility index (Phi) is 1.43. The van der Waals surface area contributed by atoms with Crippen molar-refractivity contribution in [1.82, 2.24) is 9.97 Å². The van der Waals surface area contributed by atoms with Crippen molar-refractivity contribution in [2.24, 2.45) is 0 Å². The van der Waals surface area contributed by atoms with Crippen LogP contribution in [0, 0.1) is 0 Å². The molecule has 4 nitrogen and oxygen atoms in total. The van der Waals surface area contributed by atoms with Gasteiger partial charge >= 0.3 is 0 Å². The van der Waals surface area contributed by atoms with Gasteiger partial charge in [-0.05, 0) is 18.8 Å². The van der Waals surface area contributed by atoms with E-state index in [9.17, 15) is 0 Å². The molecule has 1 heterocycles. The molecule has 0 fully saturated rings. The minimum atomic E-state index is 0.292. The molecule has 1 aromatic heterocycles. The Balaban J connectivity index is 2.60. The molecule has 0 aromatic carbocycles. The SMILES string of the molecule is CC1CCc2nc(N)nc(N)c21. The van der Waals surface area contributed by atoms with Gasteiger partial charge in [-0.3, -0.25) is 0 Å². The van der Waals surface area contributed by atoms with E-state index in [1.807, 2.05) is 0 Å². The van der Waals surface area contributed by atoms with Gasteiger partial charge in [0.1, 0.15) is 5.82 Å². The number of aromatic nitrogens is 2. The Hall–Kier alpha value is -1.32. The van der Waals surface area contributed by atoms with Crippen molar-refractivity contribution >= 4 is 11.8 Å². The summed E-state index contributed by atoms with van der Waals surface area (Å²) in [5.74, 6) is 1.34. The van der Waals surface area contributed by atoms with Crippen molar-refractivity contribution in [3.8, 4) is 0 Å². The van der Waals surface area contributed by atoms with Gasteiger partial charge in [-0.25, -0.2) is 4.98 Å². The lowest BCUT2D eigenvalue weighted by atomic mass is 10.1. The molecule has 0 bridgehead atoms. The monoisotopic (exact) mass is 164 g/mol. The van der Waals surface area contributed by atoms with Gasteiger partial charge in [0.2, 0.25) is 5.95 Å². The fourth-order valence-electron chi connectivity index (χ4n) is 1.78. The highest BCUT2D eigenvalue weighted by Crippen LogP contribution is 2.34. The number of fused-ring (bicyclic) bond motifs is 1. The van der Waals surface area contributed by atoms with Crippen LogP contribution in [-0.2, 0) is 6.42 Å². The third-order valence-electron chi connectivity index (χ3n) is 2.38. The lowest BCUT2D eigenvalue weighted by Gasteiger charge is -2.06. The van der Waals surface area contributed by atoms with Gasteiger partial charge in [-0.2, -0.15) is 4.98 Å². The number of aryl methyl sites for hydroxylation is 1. The van der Waals surface area contributed by atoms with Crippen LogP contribution >= 0.6 is 0 Å². The van der Waals surface area contributed by atoms with Crippen LogP contribution in [0.3, 0.4) is 0 Å². The van der Waals surface area contributed by atoms with Gasteiger partial charge in [-0.1, -0.05) is 6.92 Å². The summed E-state index contributed by atoms with van der Waals surface area (Å²) < 4.78 is 0. The normalized spacial score (nSPS) is 20.9. The number of rotatable bonds is 0. The minimum Gasteiger partial charge on any atom is -0.383 e. The average molecular weight is 164 g/mol. The lowest BCUT2D eigenvalue weighted by molar-refractivity contribution is 0.746. The topological polar surface area (TPSA) is 77.8 Å². The molecule has 4 N–H and O–H groups in total. The summed E-state index contributed by atoms with van der Waals surface area (Å²) in [7, 11) is 0. The third kappa shape index (κ3) is 0.913. The first kappa shape index (κ1) is 7.34. The molecule has 1 aromatic rings. The second-order valence-corrected chi connectivity index (χ2v) is 3.27. The van der Waals surface area contributed by atoms with Crippen molar-refractivity contribution in [3.63, 3.8) is 0 Å². The van der Waals surface area contributed by atoms with Crippen LogP contribution in [-0.4, -0.2) is 9.97 Å². The molecule has 12 heavy (non-hydrogen) atoms. The lowest BCUT2D eigenvalue weighted by Crippen LogP contribution is -2.05. The first-order valence-electron chi connectivity index (χ1n) is 4.10. The molecule has 1 unspecified atom stereocenters. The van der Waals surface area contributed by atoms with Crippen LogP contribution in [0.1, 0.15) is 30.5 Å². The minimum absolute atomic E-state index is 0.292. The van der Waals surface area contributed by atoms with Gasteiger partial charge in [0.15, 0.2) is 0 Å². The van der Waals surface area contributed by atoms with E-state index in [0.717, 1.165) is 24.1 Å². The van der Waals surface area contributed by atoms with Crippen molar-refractivity contribution in [3.05, 3.63) is 11.3 Å². The predicted molar refractivity (Wildman–Crippen MR) is 47.6 cm³/mol. The second kappa shape index (κ2) is 2.33. The Bertz CT molecular complexity index is 321. The van der Waals surface area contributed by atoms with E-state index < -0.39 is 0 Å². The van der Waals surface area contributed by atoms with E-state index in [2.05, 4.69) is 16.9 Å². The molecule has 0 saturated carbocycles. The molecule has 0 amide bonds. The van der Waals surface area contributed by atoms with Gasteiger partial charge in [0.05, 0.1) is 5.69 Å². The molecule has 2 rings (SSSR count). The van der Waals surface area contributed by atoms with Crippen LogP contribution in [0.4, 0.5) is 11.8 Å². The number of nitrogens with zero attached hydrogens (tertiary/aromatic N) is 2. The molecule has 1 aliphatic rings. The van der Waals surface area contributed by atoms with E-state index in [1.54, 1.807) is 0 Å². The molecule has 64 valence electrons. The Morgan fingerprint density at radius 3 is 2.83 bits per heavy atom. The van der Waals surface area contributed by atoms with Gasteiger partial charge in [-0.15, -0.1) is 0 Å². The van der Waals surface area contributed by atoms with Crippen LogP contribution in [0.5, 0.6) is 0 Å². The summed E-state index contributed by atoms with van der Waals surface area (Å²) in [6, 6.07) is 0. The van der Waals surface area contributed by atoms with E-state index in [4.69, 9.17) is 11.5 Å². The molecular weight excluding hydrogens is 152 g/mol. The smallest absolute Gasteiger partial charge is 0.222 e. The van der Waals surface area contributed by atoms with E-state index in [-0.39, 0.29) is 0 Å². The van der Waals surface area contributed by atoms with Crippen molar-refractivity contribution in [2.45, 2.75) is 25.7 Å². The third-order valence-corrected chi connectivity index (χ3v) is 2.38. The van der Waals surface area contributed by atoms with E-state index >= 15 is 0 Å². The van der Waals surface area contributed by atoms with E-state index in [0.29, 0.717) is 17.7 Å². The fourth-order valence-corrected chi connectivity index (χ4v) is 1.78. The van der Waals surface area contributed by atoms with Gasteiger partial charge in [0, 0.05) is 5.56 Å². The molecule has 0 radical (unpaired) electrons. The van der Waals surface area contributed by atoms with Crippen LogP contribution in [0.2, 0.25) is 0 Å². The Morgan fingerprint density at radius 1 is 1.33 bits per heavy atom. The average Bonchev–Trinajstić information content (AvgIpc) is 2.31. The number of anilines is 2. The molecule has 1 aliphatic carbocycles. The van der Waals surface area contributed by atoms with Gasteiger partial charge in [0.25, 0.3) is 0 Å². The summed E-state index contributed by atoms with van der Waals surface area (Å²) >= 11 is 0. The Morgan fingerprint density at radius 2 is 2.08 bits per heavy atom. The molecule has 0 aliphatic heterocycles. The van der Waals surface area contributed by atoms with Crippen molar-refractivity contribution in [1.29, 1.82) is 0 Å². The highest BCUT2D eigenvalue weighted by molar-refractivity contribution is 5.49. The largest absolute Gasteiger partial charge is 0.383 e. The summed E-state index contributed by atoms with van der Waals surface area (Å²) in [5, 5.41) is 0. The summed E-state index contributed by atoms with van der Waals surface area (Å²) in [4.78, 5) is 8.09. The first-order chi connectivity index (χ1) is 5.68. The summed E-state index contributed by atoms with van der Waals surface area (Å²) in [6.45, 7) is 2.14. The van der Waals surface area contributed by atoms with Crippen molar-refractivity contribution in [2.75, 3.05) is 11.5 Å². The summed E-state index contributed by atoms with van der Waals surface area (Å²) in [6.07, 6.45) is 2.09. The Labute approximate surface area is 71.0 Å². The maximum atomic E-state index is 5.73. The zero-order valence-corrected chi connectivity index (χ0v) is 7.04. The van der Waals surface area contributed by atoms with Crippen molar-refractivity contribution < 1.29 is 0 Å². The van der Waals surface area contributed by atoms with Crippen LogP contribution in [0.15, 0.2) is 0 Å². The van der Waals surface area contributed by atoms with Gasteiger partial charge < -0.3 is 11.5 Å². The predicted octanol–water partition coefficient (Wildman–Crippen LogP) is 0.691. The second-order valence-electron chi connectivity index (χ2n) is 3.27. The van der Waals surface area contributed by atoms with Crippen LogP contribution < -0.4 is 11.5 Å². The number of nitrogens with two attached hydrogens (primary N) is 2. The molecule has 0 saturated heterocycles. The zero-order chi connectivity index (χ0) is 8.72. The first-order valence-corrected chi connectivity index (χ1v) is 4.10. The van der Waals surface area contributed by atoms with Crippen LogP contribution in [0.25, 0.3) is 0 Å². The highest BCUT2D eigenvalue weighted by atomic mass is 15.0. The maximum Gasteiger partial charge on any atom is 0.222 e. The maximum absolute atomic E-state index is 5.73. The number of nitrogen functional groups attached to an aromatic ring is 2. The number of hydrogen-bond acceptors (Lipinski definition) is 4. The molecule has 0 spiro atoms. The zero-order valence-electron chi connectivity index (χ0n) is 7.04.